The molecule has 0 fully saturated rings. The quantitative estimate of drug-likeness (QED) is 0.849. The average Bonchev–Trinajstić information content (AvgIpc) is 2.53. The molecule has 0 saturated carbocycles. The van der Waals surface area contributed by atoms with Crippen molar-refractivity contribution in [1.29, 1.82) is 0 Å². The molecule has 0 aliphatic carbocycles. The summed E-state index contributed by atoms with van der Waals surface area (Å²) in [6.45, 7) is 2.14. The van der Waals surface area contributed by atoms with E-state index in [1.807, 2.05) is 37.3 Å². The third-order valence-corrected chi connectivity index (χ3v) is 3.04. The highest BCUT2D eigenvalue weighted by molar-refractivity contribution is 5.82. The minimum Gasteiger partial charge on any atom is -0.481 e. The van der Waals surface area contributed by atoms with Gasteiger partial charge in [-0.3, -0.25) is 9.78 Å². The molecule has 0 radical (unpaired) electrons. The highest BCUT2D eigenvalue weighted by atomic mass is 19.4. The average molecular weight is 359 g/mol. The number of rotatable bonds is 5. The highest BCUT2D eigenvalue weighted by Crippen LogP contribution is 2.25. The van der Waals surface area contributed by atoms with Crippen LogP contribution in [0.15, 0.2) is 36.5 Å². The van der Waals surface area contributed by atoms with E-state index in [1.54, 1.807) is 6.20 Å². The van der Waals surface area contributed by atoms with Gasteiger partial charge in [0, 0.05) is 11.6 Å². The Morgan fingerprint density at radius 1 is 1.20 bits per heavy atom. The molecule has 25 heavy (non-hydrogen) atoms. The summed E-state index contributed by atoms with van der Waals surface area (Å²) < 4.78 is 37.3. The predicted molar refractivity (Wildman–Crippen MR) is 82.1 cm³/mol. The molecule has 136 valence electrons. The molecule has 6 nitrogen and oxygen atoms in total. The van der Waals surface area contributed by atoms with Crippen LogP contribution >= 0.6 is 0 Å². The molecule has 2 rings (SSSR count). The monoisotopic (exact) mass is 359 g/mol. The number of pyridine rings is 1. The van der Waals surface area contributed by atoms with Gasteiger partial charge < -0.3 is 14.9 Å². The molecular formula is C16H16F3NO5. The minimum absolute atomic E-state index is 0.0212. The van der Waals surface area contributed by atoms with Gasteiger partial charge in [-0.25, -0.2) is 4.79 Å². The molecule has 0 saturated heterocycles. The van der Waals surface area contributed by atoms with Crippen LogP contribution in [0.5, 0.6) is 0 Å². The molecule has 0 aliphatic heterocycles. The number of aromatic nitrogens is 1. The van der Waals surface area contributed by atoms with E-state index in [9.17, 15) is 18.0 Å². The van der Waals surface area contributed by atoms with Gasteiger partial charge in [-0.15, -0.1) is 0 Å². The summed E-state index contributed by atoms with van der Waals surface area (Å²) >= 11 is 0. The first kappa shape index (κ1) is 20.4. The lowest BCUT2D eigenvalue weighted by molar-refractivity contribution is -0.192. The van der Waals surface area contributed by atoms with Crippen LogP contribution in [0.1, 0.15) is 25.0 Å². The van der Waals surface area contributed by atoms with Crippen molar-refractivity contribution in [2.45, 2.75) is 25.6 Å². The third kappa shape index (κ3) is 6.76. The fourth-order valence-corrected chi connectivity index (χ4v) is 1.89. The number of carboxylic acids is 2. The lowest BCUT2D eigenvalue weighted by atomic mass is 10.0. The van der Waals surface area contributed by atoms with Gasteiger partial charge in [0.15, 0.2) is 0 Å². The molecular weight excluding hydrogens is 343 g/mol. The van der Waals surface area contributed by atoms with Crippen LogP contribution in [-0.2, 0) is 14.3 Å². The second kappa shape index (κ2) is 8.97. The summed E-state index contributed by atoms with van der Waals surface area (Å²) in [7, 11) is 0. The van der Waals surface area contributed by atoms with Gasteiger partial charge in [-0.2, -0.15) is 13.2 Å². The zero-order chi connectivity index (χ0) is 19.0. The SMILES string of the molecule is CC(OCCC(=O)O)c1cccc2ncccc12.O=C(O)C(F)(F)F. The Balaban J connectivity index is 0.000000381. The van der Waals surface area contributed by atoms with Gasteiger partial charge in [-0.05, 0) is 24.6 Å². The standard InChI is InChI=1S/C14H15NO3.C2HF3O2/c1-10(18-9-7-14(16)17)11-4-2-6-13-12(11)5-3-8-15-13;3-2(4,5)1(6)7/h2-6,8,10H,7,9H2,1H3,(H,16,17);(H,6,7). The molecule has 1 unspecified atom stereocenters. The van der Waals surface area contributed by atoms with Crippen LogP contribution in [0.4, 0.5) is 13.2 Å². The largest absolute Gasteiger partial charge is 0.490 e. The molecule has 0 bridgehead atoms. The number of hydrogen-bond acceptors (Lipinski definition) is 4. The summed E-state index contributed by atoms with van der Waals surface area (Å²) in [5, 5.41) is 16.7. The van der Waals surface area contributed by atoms with Crippen molar-refractivity contribution in [1.82, 2.24) is 4.98 Å². The fourth-order valence-electron chi connectivity index (χ4n) is 1.89. The van der Waals surface area contributed by atoms with Crippen LogP contribution in [0, 0.1) is 0 Å². The van der Waals surface area contributed by atoms with Crippen LogP contribution in [0.2, 0.25) is 0 Å². The van der Waals surface area contributed by atoms with E-state index in [4.69, 9.17) is 19.7 Å². The van der Waals surface area contributed by atoms with Gasteiger partial charge in [-0.1, -0.05) is 18.2 Å². The number of nitrogens with zero attached hydrogens (tertiary/aromatic N) is 1. The Morgan fingerprint density at radius 2 is 1.84 bits per heavy atom. The van der Waals surface area contributed by atoms with E-state index in [0.29, 0.717) is 0 Å². The van der Waals surface area contributed by atoms with Crippen molar-refractivity contribution in [2.75, 3.05) is 6.61 Å². The zero-order valence-corrected chi connectivity index (χ0v) is 13.2. The number of fused-ring (bicyclic) bond motifs is 1. The van der Waals surface area contributed by atoms with Crippen molar-refractivity contribution >= 4 is 22.8 Å². The topological polar surface area (TPSA) is 96.7 Å². The number of carboxylic acid groups (broad SMARTS) is 2. The number of alkyl halides is 3. The number of hydrogen-bond donors (Lipinski definition) is 2. The van der Waals surface area contributed by atoms with Crippen molar-refractivity contribution in [2.24, 2.45) is 0 Å². The summed E-state index contributed by atoms with van der Waals surface area (Å²) in [6, 6.07) is 9.74. The van der Waals surface area contributed by atoms with Gasteiger partial charge in [0.2, 0.25) is 0 Å². The second-order valence-electron chi connectivity index (χ2n) is 4.88. The zero-order valence-electron chi connectivity index (χ0n) is 13.2. The van der Waals surface area contributed by atoms with Crippen LogP contribution in [0.3, 0.4) is 0 Å². The summed E-state index contributed by atoms with van der Waals surface area (Å²) in [6.07, 6.45) is -3.45. The number of ether oxygens (including phenoxy) is 1. The Labute approximate surface area is 140 Å². The lowest BCUT2D eigenvalue weighted by Crippen LogP contribution is -2.21. The number of benzene rings is 1. The molecule has 0 spiro atoms. The fraction of sp³-hybridized carbons (Fsp3) is 0.312. The molecule has 2 aromatic rings. The number of halogens is 3. The van der Waals surface area contributed by atoms with E-state index in [-0.39, 0.29) is 19.1 Å². The van der Waals surface area contributed by atoms with E-state index in [1.165, 1.54) is 0 Å². The maximum Gasteiger partial charge on any atom is 0.490 e. The van der Waals surface area contributed by atoms with E-state index in [0.717, 1.165) is 16.5 Å². The maximum absolute atomic E-state index is 10.6. The Kier molecular flexibility index (Phi) is 7.31. The first-order valence-corrected chi connectivity index (χ1v) is 7.10. The van der Waals surface area contributed by atoms with Crippen LogP contribution in [-0.4, -0.2) is 39.9 Å². The predicted octanol–water partition coefficient (Wildman–Crippen LogP) is 3.42. The summed E-state index contributed by atoms with van der Waals surface area (Å²) in [5.74, 6) is -3.60. The Morgan fingerprint density at radius 3 is 2.40 bits per heavy atom. The minimum atomic E-state index is -5.08. The number of carbonyl (C=O) groups is 2. The third-order valence-electron chi connectivity index (χ3n) is 3.04. The van der Waals surface area contributed by atoms with Crippen LogP contribution in [0.25, 0.3) is 10.9 Å². The molecule has 0 amide bonds. The highest BCUT2D eigenvalue weighted by Gasteiger charge is 2.38. The van der Waals surface area contributed by atoms with Gasteiger partial charge in [0.1, 0.15) is 0 Å². The molecule has 0 aliphatic rings. The van der Waals surface area contributed by atoms with E-state index >= 15 is 0 Å². The lowest BCUT2D eigenvalue weighted by Gasteiger charge is -2.14. The van der Waals surface area contributed by atoms with Gasteiger partial charge in [0.05, 0.1) is 24.6 Å². The van der Waals surface area contributed by atoms with Crippen molar-refractivity contribution in [3.63, 3.8) is 0 Å². The Hall–Kier alpha value is -2.68. The number of aliphatic carboxylic acids is 2. The van der Waals surface area contributed by atoms with Crippen molar-refractivity contribution in [3.05, 3.63) is 42.1 Å². The smallest absolute Gasteiger partial charge is 0.481 e. The van der Waals surface area contributed by atoms with E-state index in [2.05, 4.69) is 4.98 Å². The molecule has 1 aromatic carbocycles. The second-order valence-corrected chi connectivity index (χ2v) is 4.88. The molecule has 1 aromatic heterocycles. The van der Waals surface area contributed by atoms with Crippen LogP contribution < -0.4 is 0 Å². The van der Waals surface area contributed by atoms with E-state index < -0.39 is 18.1 Å². The van der Waals surface area contributed by atoms with Crippen molar-refractivity contribution in [3.8, 4) is 0 Å². The normalized spacial score (nSPS) is 12.2. The summed E-state index contributed by atoms with van der Waals surface area (Å²) in [4.78, 5) is 23.6. The molecule has 1 heterocycles. The van der Waals surface area contributed by atoms with Gasteiger partial charge >= 0.3 is 18.1 Å². The van der Waals surface area contributed by atoms with Gasteiger partial charge in [0.25, 0.3) is 0 Å². The van der Waals surface area contributed by atoms with Crippen molar-refractivity contribution < 1.29 is 37.7 Å². The first-order valence-electron chi connectivity index (χ1n) is 7.10. The molecule has 1 atom stereocenters. The maximum atomic E-state index is 10.6. The first-order chi connectivity index (χ1) is 11.6. The Bertz CT molecular complexity index is 728. The molecule has 9 heteroatoms. The summed E-state index contributed by atoms with van der Waals surface area (Å²) in [5.41, 5.74) is 1.95. The molecule has 2 N–H and O–H groups in total.